The molecule has 0 aromatic heterocycles. The molecule has 0 radical (unpaired) electrons. The van der Waals surface area contributed by atoms with Crippen molar-refractivity contribution in [2.75, 3.05) is 10.7 Å². The van der Waals surface area contributed by atoms with Gasteiger partial charge in [0.2, 0.25) is 5.91 Å². The summed E-state index contributed by atoms with van der Waals surface area (Å²) < 4.78 is 0. The zero-order valence-corrected chi connectivity index (χ0v) is 11.9. The predicted molar refractivity (Wildman–Crippen MR) is 84.3 cm³/mol. The predicted octanol–water partition coefficient (Wildman–Crippen LogP) is 3.68. The van der Waals surface area contributed by atoms with E-state index in [1.54, 1.807) is 0 Å². The number of carbonyl (C=O) groups excluding carboxylic acids is 1. The molecular weight excluding hydrogens is 268 g/mol. The maximum Gasteiger partial charge on any atom is 0.243 e. The number of thioether (sulfide) groups is 1. The summed E-state index contributed by atoms with van der Waals surface area (Å²) in [5, 5.41) is 8.27. The summed E-state index contributed by atoms with van der Waals surface area (Å²) in [6.07, 6.45) is 0. The van der Waals surface area contributed by atoms with Crippen LogP contribution >= 0.6 is 11.8 Å². The normalized spacial score (nSPS) is 14.9. The molecule has 0 atom stereocenters. The van der Waals surface area contributed by atoms with Crippen LogP contribution in [0.1, 0.15) is 5.56 Å². The van der Waals surface area contributed by atoms with Crippen molar-refractivity contribution in [2.45, 2.75) is 6.92 Å². The van der Waals surface area contributed by atoms with Crippen LogP contribution in [0.25, 0.3) is 11.1 Å². The van der Waals surface area contributed by atoms with Crippen LogP contribution in [0, 0.1) is 12.3 Å². The Morgan fingerprint density at radius 3 is 2.55 bits per heavy atom. The fourth-order valence-corrected chi connectivity index (χ4v) is 3.02. The zero-order chi connectivity index (χ0) is 14.1. The molecule has 0 unspecified atom stereocenters. The van der Waals surface area contributed by atoms with Crippen LogP contribution in [0.15, 0.2) is 48.5 Å². The highest BCUT2D eigenvalue weighted by Crippen LogP contribution is 2.35. The molecular formula is C16H14N2OS. The Labute approximate surface area is 122 Å². The number of nitrogens with one attached hydrogen (secondary N) is 1. The van der Waals surface area contributed by atoms with E-state index in [9.17, 15) is 4.79 Å². The van der Waals surface area contributed by atoms with Crippen molar-refractivity contribution in [1.29, 1.82) is 5.41 Å². The largest absolute Gasteiger partial charge is 0.278 e. The monoisotopic (exact) mass is 282 g/mol. The first-order valence-corrected chi connectivity index (χ1v) is 7.36. The Bertz CT molecular complexity index is 666. The standard InChI is InChI=1S/C16H14N2OS/c1-11-7-8-13(12-5-3-2-4-6-12)14(9-11)18-15(19)10-20-16(18)17/h2-9,17H,10H2,1H3. The lowest BCUT2D eigenvalue weighted by atomic mass is 10.0. The molecule has 2 aromatic carbocycles. The Balaban J connectivity index is 2.17. The lowest BCUT2D eigenvalue weighted by molar-refractivity contribution is -0.115. The quantitative estimate of drug-likeness (QED) is 0.913. The maximum atomic E-state index is 12.0. The second-order valence-electron chi connectivity index (χ2n) is 4.71. The molecule has 0 saturated carbocycles. The average Bonchev–Trinajstić information content (AvgIpc) is 2.79. The van der Waals surface area contributed by atoms with Gasteiger partial charge in [0.25, 0.3) is 0 Å². The zero-order valence-electron chi connectivity index (χ0n) is 11.1. The van der Waals surface area contributed by atoms with E-state index in [-0.39, 0.29) is 5.91 Å². The van der Waals surface area contributed by atoms with E-state index in [1.807, 2.05) is 55.5 Å². The first-order chi connectivity index (χ1) is 9.66. The van der Waals surface area contributed by atoms with Crippen LogP contribution in [-0.2, 0) is 4.79 Å². The fraction of sp³-hybridized carbons (Fsp3) is 0.125. The van der Waals surface area contributed by atoms with E-state index in [2.05, 4.69) is 0 Å². The summed E-state index contributed by atoms with van der Waals surface area (Å²) in [6, 6.07) is 16.0. The van der Waals surface area contributed by atoms with Crippen molar-refractivity contribution < 1.29 is 4.79 Å². The summed E-state index contributed by atoms with van der Waals surface area (Å²) in [4.78, 5) is 13.6. The summed E-state index contributed by atoms with van der Waals surface area (Å²) in [5.74, 6) is 0.323. The molecule has 1 aliphatic heterocycles. The minimum Gasteiger partial charge on any atom is -0.278 e. The molecule has 100 valence electrons. The van der Waals surface area contributed by atoms with Crippen LogP contribution in [0.2, 0.25) is 0 Å². The molecule has 20 heavy (non-hydrogen) atoms. The van der Waals surface area contributed by atoms with Crippen molar-refractivity contribution in [3.63, 3.8) is 0 Å². The highest BCUT2D eigenvalue weighted by Gasteiger charge is 2.30. The number of nitrogens with zero attached hydrogens (tertiary/aromatic N) is 1. The molecule has 1 fully saturated rings. The molecule has 1 aliphatic rings. The van der Waals surface area contributed by atoms with Crippen molar-refractivity contribution in [2.24, 2.45) is 0 Å². The summed E-state index contributed by atoms with van der Waals surface area (Å²) >= 11 is 1.28. The third kappa shape index (κ3) is 2.23. The Morgan fingerprint density at radius 2 is 1.90 bits per heavy atom. The van der Waals surface area contributed by atoms with Gasteiger partial charge in [-0.05, 0) is 24.1 Å². The van der Waals surface area contributed by atoms with E-state index < -0.39 is 0 Å². The Morgan fingerprint density at radius 1 is 1.15 bits per heavy atom. The van der Waals surface area contributed by atoms with E-state index >= 15 is 0 Å². The van der Waals surface area contributed by atoms with Crippen LogP contribution in [0.3, 0.4) is 0 Å². The van der Waals surface area contributed by atoms with Crippen LogP contribution < -0.4 is 4.90 Å². The number of anilines is 1. The third-order valence-corrected chi connectivity index (χ3v) is 4.11. The van der Waals surface area contributed by atoms with Gasteiger partial charge in [0, 0.05) is 5.56 Å². The molecule has 1 amide bonds. The number of carbonyl (C=O) groups is 1. The first-order valence-electron chi connectivity index (χ1n) is 6.37. The Kier molecular flexibility index (Phi) is 3.32. The topological polar surface area (TPSA) is 44.2 Å². The fourth-order valence-electron chi connectivity index (χ4n) is 2.30. The molecule has 0 aliphatic carbocycles. The van der Waals surface area contributed by atoms with Gasteiger partial charge in [-0.15, -0.1) is 0 Å². The van der Waals surface area contributed by atoms with Gasteiger partial charge in [0.15, 0.2) is 5.17 Å². The van der Waals surface area contributed by atoms with Crippen LogP contribution in [0.4, 0.5) is 5.69 Å². The van der Waals surface area contributed by atoms with E-state index in [0.29, 0.717) is 10.9 Å². The van der Waals surface area contributed by atoms with Gasteiger partial charge in [-0.2, -0.15) is 0 Å². The van der Waals surface area contributed by atoms with Gasteiger partial charge < -0.3 is 0 Å². The second kappa shape index (κ2) is 5.13. The minimum absolute atomic E-state index is 0.0252. The number of amides is 1. The summed E-state index contributed by atoms with van der Waals surface area (Å²) in [5.41, 5.74) is 3.92. The van der Waals surface area contributed by atoms with Crippen molar-refractivity contribution in [3.8, 4) is 11.1 Å². The van der Waals surface area contributed by atoms with Gasteiger partial charge >= 0.3 is 0 Å². The van der Waals surface area contributed by atoms with E-state index in [1.165, 1.54) is 16.7 Å². The molecule has 0 spiro atoms. The lowest BCUT2D eigenvalue weighted by Crippen LogP contribution is -2.29. The van der Waals surface area contributed by atoms with Crippen molar-refractivity contribution >= 4 is 28.5 Å². The summed E-state index contributed by atoms with van der Waals surface area (Å²) in [7, 11) is 0. The molecule has 2 aromatic rings. The molecule has 1 N–H and O–H groups in total. The Hall–Kier alpha value is -2.07. The highest BCUT2D eigenvalue weighted by atomic mass is 32.2. The molecule has 1 heterocycles. The van der Waals surface area contributed by atoms with Gasteiger partial charge in [0.1, 0.15) is 0 Å². The second-order valence-corrected chi connectivity index (χ2v) is 5.67. The van der Waals surface area contributed by atoms with E-state index in [4.69, 9.17) is 5.41 Å². The molecule has 1 saturated heterocycles. The molecule has 0 bridgehead atoms. The van der Waals surface area contributed by atoms with Crippen LogP contribution in [-0.4, -0.2) is 16.8 Å². The van der Waals surface area contributed by atoms with Crippen molar-refractivity contribution in [3.05, 3.63) is 54.1 Å². The SMILES string of the molecule is Cc1ccc(-c2ccccc2)c(N2C(=N)SCC2=O)c1. The van der Waals surface area contributed by atoms with E-state index in [0.717, 1.165) is 22.4 Å². The number of rotatable bonds is 2. The average molecular weight is 282 g/mol. The molecule has 3 rings (SSSR count). The highest BCUT2D eigenvalue weighted by molar-refractivity contribution is 8.15. The number of hydrogen-bond acceptors (Lipinski definition) is 3. The maximum absolute atomic E-state index is 12.0. The number of hydrogen-bond donors (Lipinski definition) is 1. The minimum atomic E-state index is -0.0252. The number of amidine groups is 1. The first kappa shape index (κ1) is 12.9. The lowest BCUT2D eigenvalue weighted by Gasteiger charge is -2.20. The van der Waals surface area contributed by atoms with Crippen LogP contribution in [0.5, 0.6) is 0 Å². The molecule has 4 heteroatoms. The van der Waals surface area contributed by atoms with Crippen molar-refractivity contribution in [1.82, 2.24) is 0 Å². The van der Waals surface area contributed by atoms with Gasteiger partial charge in [-0.1, -0.05) is 54.2 Å². The van der Waals surface area contributed by atoms with Gasteiger partial charge in [-0.3, -0.25) is 15.1 Å². The number of aryl methyl sites for hydroxylation is 1. The van der Waals surface area contributed by atoms with Gasteiger partial charge in [0.05, 0.1) is 11.4 Å². The summed E-state index contributed by atoms with van der Waals surface area (Å²) in [6.45, 7) is 2.00. The number of benzene rings is 2. The third-order valence-electron chi connectivity index (χ3n) is 3.26. The van der Waals surface area contributed by atoms with Gasteiger partial charge in [-0.25, -0.2) is 0 Å². The smallest absolute Gasteiger partial charge is 0.243 e. The molecule has 3 nitrogen and oxygen atoms in total.